The van der Waals surface area contributed by atoms with Crippen molar-refractivity contribution in [3.63, 3.8) is 0 Å². The number of hydrogen-bond donors (Lipinski definition) is 0. The molecule has 0 radical (unpaired) electrons. The number of hydrogen-bond acceptors (Lipinski definition) is 3. The second-order valence-electron chi connectivity index (χ2n) is 7.19. The molecule has 0 unspecified atom stereocenters. The van der Waals surface area contributed by atoms with Gasteiger partial charge in [-0.05, 0) is 23.3 Å². The summed E-state index contributed by atoms with van der Waals surface area (Å²) in [6, 6.07) is 28.2. The van der Waals surface area contributed by atoms with Crippen molar-refractivity contribution in [2.45, 2.75) is 18.0 Å². The van der Waals surface area contributed by atoms with Crippen molar-refractivity contribution < 1.29 is 8.42 Å². The standard InChI is InChI=1S/C26H27N3O2S/c1-4-27-26(22(2)28(3)32(30,31)25-18-12-7-13-19-25)29(20-23-14-8-5-9-15-23)21-24-16-10-6-11-17-24/h4-19H,1-2,20-21H2,3H3. The zero-order chi connectivity index (χ0) is 23.0. The summed E-state index contributed by atoms with van der Waals surface area (Å²) in [4.78, 5) is 6.65. The van der Waals surface area contributed by atoms with Gasteiger partial charge in [-0.2, -0.15) is 0 Å². The molecule has 0 saturated heterocycles. The molecular weight excluding hydrogens is 418 g/mol. The van der Waals surface area contributed by atoms with Crippen LogP contribution >= 0.6 is 0 Å². The summed E-state index contributed by atoms with van der Waals surface area (Å²) in [6.07, 6.45) is 1.41. The van der Waals surface area contributed by atoms with Gasteiger partial charge >= 0.3 is 0 Å². The van der Waals surface area contributed by atoms with Crippen LogP contribution in [-0.4, -0.2) is 30.5 Å². The van der Waals surface area contributed by atoms with Gasteiger partial charge < -0.3 is 4.90 Å². The van der Waals surface area contributed by atoms with Crippen molar-refractivity contribution in [2.75, 3.05) is 7.05 Å². The fraction of sp³-hybridized carbons (Fsp3) is 0.115. The molecule has 0 spiro atoms. The van der Waals surface area contributed by atoms with E-state index in [2.05, 4.69) is 18.2 Å². The third-order valence-electron chi connectivity index (χ3n) is 4.99. The Morgan fingerprint density at radius 2 is 1.28 bits per heavy atom. The molecule has 0 amide bonds. The van der Waals surface area contributed by atoms with Crippen LogP contribution in [0.15, 0.2) is 126 Å². The molecule has 5 nitrogen and oxygen atoms in total. The van der Waals surface area contributed by atoms with Crippen molar-refractivity contribution in [1.29, 1.82) is 0 Å². The maximum atomic E-state index is 13.2. The Balaban J connectivity index is 1.97. The average Bonchev–Trinajstić information content (AvgIpc) is 2.83. The molecule has 0 heterocycles. The van der Waals surface area contributed by atoms with Gasteiger partial charge in [-0.3, -0.25) is 4.31 Å². The molecular formula is C26H27N3O2S. The van der Waals surface area contributed by atoms with Crippen molar-refractivity contribution in [2.24, 2.45) is 4.99 Å². The van der Waals surface area contributed by atoms with Crippen molar-refractivity contribution >= 4 is 15.9 Å². The molecule has 3 aromatic rings. The van der Waals surface area contributed by atoms with E-state index in [9.17, 15) is 8.42 Å². The largest absolute Gasteiger partial charge is 0.346 e. The summed E-state index contributed by atoms with van der Waals surface area (Å²) in [5.74, 6) is 0.440. The minimum Gasteiger partial charge on any atom is -0.346 e. The third kappa shape index (κ3) is 5.53. The third-order valence-corrected chi connectivity index (χ3v) is 6.79. The lowest BCUT2D eigenvalue weighted by Crippen LogP contribution is -2.38. The van der Waals surface area contributed by atoms with E-state index in [-0.39, 0.29) is 10.6 Å². The maximum Gasteiger partial charge on any atom is 0.264 e. The molecule has 0 saturated carbocycles. The first-order chi connectivity index (χ1) is 15.4. The normalized spacial score (nSPS) is 11.6. The lowest BCUT2D eigenvalue weighted by Gasteiger charge is -2.31. The molecule has 0 N–H and O–H groups in total. The van der Waals surface area contributed by atoms with Crippen molar-refractivity contribution in [1.82, 2.24) is 9.21 Å². The lowest BCUT2D eigenvalue weighted by molar-refractivity contribution is 0.399. The van der Waals surface area contributed by atoms with Gasteiger partial charge in [-0.25, -0.2) is 13.4 Å². The van der Waals surface area contributed by atoms with Crippen LogP contribution in [-0.2, 0) is 23.1 Å². The summed E-state index contributed by atoms with van der Waals surface area (Å²) in [5, 5.41) is 0. The number of likely N-dealkylation sites (N-methyl/N-ethyl adjacent to an activating group) is 1. The summed E-state index contributed by atoms with van der Waals surface area (Å²) >= 11 is 0. The predicted octanol–water partition coefficient (Wildman–Crippen LogP) is 5.07. The van der Waals surface area contributed by atoms with Gasteiger partial charge in [0.2, 0.25) is 0 Å². The second-order valence-corrected chi connectivity index (χ2v) is 9.16. The Hall–Kier alpha value is -3.64. The molecule has 3 aromatic carbocycles. The molecule has 6 heteroatoms. The first-order valence-corrected chi connectivity index (χ1v) is 11.6. The smallest absolute Gasteiger partial charge is 0.264 e. The van der Waals surface area contributed by atoms with Crippen LogP contribution < -0.4 is 0 Å². The van der Waals surface area contributed by atoms with E-state index in [0.29, 0.717) is 18.9 Å². The van der Waals surface area contributed by atoms with Crippen LogP contribution in [0.4, 0.5) is 0 Å². The van der Waals surface area contributed by atoms with E-state index >= 15 is 0 Å². The summed E-state index contributed by atoms with van der Waals surface area (Å²) < 4.78 is 27.5. The van der Waals surface area contributed by atoms with Crippen LogP contribution in [0, 0.1) is 0 Å². The van der Waals surface area contributed by atoms with Crippen LogP contribution in [0.1, 0.15) is 11.1 Å². The van der Waals surface area contributed by atoms with Gasteiger partial charge in [0.1, 0.15) is 0 Å². The first kappa shape index (κ1) is 23.0. The highest BCUT2D eigenvalue weighted by atomic mass is 32.2. The van der Waals surface area contributed by atoms with Gasteiger partial charge in [-0.15, -0.1) is 0 Å². The topological polar surface area (TPSA) is 53.0 Å². The van der Waals surface area contributed by atoms with E-state index in [1.807, 2.05) is 65.6 Å². The summed E-state index contributed by atoms with van der Waals surface area (Å²) in [6.45, 7) is 8.89. The number of sulfonamides is 1. The van der Waals surface area contributed by atoms with E-state index in [1.165, 1.54) is 17.6 Å². The number of benzene rings is 3. The zero-order valence-corrected chi connectivity index (χ0v) is 18.9. The minimum absolute atomic E-state index is 0.194. The highest BCUT2D eigenvalue weighted by molar-refractivity contribution is 7.89. The molecule has 0 aliphatic carbocycles. The minimum atomic E-state index is -3.79. The molecule has 32 heavy (non-hydrogen) atoms. The fourth-order valence-corrected chi connectivity index (χ4v) is 4.46. The number of aliphatic imine (C=N–C) groups is 1. The number of rotatable bonds is 9. The molecule has 0 aromatic heterocycles. The quantitative estimate of drug-likeness (QED) is 0.341. The van der Waals surface area contributed by atoms with E-state index in [4.69, 9.17) is 0 Å². The van der Waals surface area contributed by atoms with Gasteiger partial charge in [0.05, 0.1) is 10.6 Å². The van der Waals surface area contributed by atoms with Crippen LogP contribution in [0.25, 0.3) is 0 Å². The Morgan fingerprint density at radius 3 is 1.72 bits per heavy atom. The van der Waals surface area contributed by atoms with Gasteiger partial charge in [0.25, 0.3) is 10.0 Å². The molecule has 0 fully saturated rings. The average molecular weight is 446 g/mol. The Kier molecular flexibility index (Phi) is 7.63. The molecule has 164 valence electrons. The maximum absolute atomic E-state index is 13.2. The molecule has 0 aliphatic rings. The zero-order valence-electron chi connectivity index (χ0n) is 18.1. The highest BCUT2D eigenvalue weighted by Gasteiger charge is 2.27. The number of nitrogens with zero attached hydrogens (tertiary/aromatic N) is 3. The van der Waals surface area contributed by atoms with Crippen molar-refractivity contribution in [3.8, 4) is 0 Å². The van der Waals surface area contributed by atoms with Crippen LogP contribution in [0.3, 0.4) is 0 Å². The van der Waals surface area contributed by atoms with E-state index in [1.54, 1.807) is 30.3 Å². The Bertz CT molecular complexity index is 1130. The predicted molar refractivity (Wildman–Crippen MR) is 130 cm³/mol. The van der Waals surface area contributed by atoms with Gasteiger partial charge in [-0.1, -0.05) is 92.0 Å². The van der Waals surface area contributed by atoms with Crippen LogP contribution in [0.2, 0.25) is 0 Å². The fourth-order valence-electron chi connectivity index (χ4n) is 3.27. The Labute approximate surface area is 190 Å². The van der Waals surface area contributed by atoms with Gasteiger partial charge in [0.15, 0.2) is 5.84 Å². The Morgan fingerprint density at radius 1 is 0.844 bits per heavy atom. The first-order valence-electron chi connectivity index (χ1n) is 10.2. The molecule has 0 bridgehead atoms. The SMILES string of the molecule is C=CN=C(C(=C)N(C)S(=O)(=O)c1ccccc1)N(Cc1ccccc1)Cc1ccccc1. The second kappa shape index (κ2) is 10.6. The lowest BCUT2D eigenvalue weighted by atomic mass is 10.1. The highest BCUT2D eigenvalue weighted by Crippen LogP contribution is 2.21. The summed E-state index contributed by atoms with van der Waals surface area (Å²) in [7, 11) is -2.30. The monoisotopic (exact) mass is 445 g/mol. The van der Waals surface area contributed by atoms with Crippen molar-refractivity contribution in [3.05, 3.63) is 127 Å². The van der Waals surface area contributed by atoms with Gasteiger partial charge in [0, 0.05) is 26.3 Å². The molecule has 3 rings (SSSR count). The molecule has 0 atom stereocenters. The van der Waals surface area contributed by atoms with E-state index in [0.717, 1.165) is 11.1 Å². The number of amidine groups is 1. The van der Waals surface area contributed by atoms with Crippen LogP contribution in [0.5, 0.6) is 0 Å². The van der Waals surface area contributed by atoms with E-state index < -0.39 is 10.0 Å². The summed E-state index contributed by atoms with van der Waals surface area (Å²) in [5.41, 5.74) is 2.41. The molecule has 0 aliphatic heterocycles.